The number of urea groups is 1. The number of nitro benzene ring substituents is 1. The first kappa shape index (κ1) is 28.9. The number of hydrogen-bond acceptors (Lipinski definition) is 7. The Morgan fingerprint density at radius 1 is 0.841 bits per heavy atom. The van der Waals surface area contributed by atoms with Crippen LogP contribution in [0, 0.1) is 16.0 Å². The summed E-state index contributed by atoms with van der Waals surface area (Å²) in [6.07, 6.45) is 0. The van der Waals surface area contributed by atoms with Crippen LogP contribution in [0.25, 0.3) is 0 Å². The Morgan fingerprint density at radius 3 is 2.11 bits per heavy atom. The molecule has 2 aliphatic heterocycles. The summed E-state index contributed by atoms with van der Waals surface area (Å²) >= 11 is 6.21. The number of imide groups is 1. The summed E-state index contributed by atoms with van der Waals surface area (Å²) in [7, 11) is 2.83. The second kappa shape index (κ2) is 11.5. The van der Waals surface area contributed by atoms with Crippen molar-refractivity contribution in [1.29, 1.82) is 0 Å². The van der Waals surface area contributed by atoms with Crippen molar-refractivity contribution >= 4 is 40.7 Å². The van der Waals surface area contributed by atoms with E-state index >= 15 is 0 Å². The number of methoxy groups -OCH3 is 2. The van der Waals surface area contributed by atoms with Crippen LogP contribution in [0.3, 0.4) is 0 Å². The quantitative estimate of drug-likeness (QED) is 0.0973. The van der Waals surface area contributed by atoms with Crippen LogP contribution in [0.1, 0.15) is 33.4 Å². The predicted octanol–water partition coefficient (Wildman–Crippen LogP) is 6.44. The van der Waals surface area contributed by atoms with E-state index in [-0.39, 0.29) is 17.2 Å². The minimum absolute atomic E-state index is 0.0252. The van der Waals surface area contributed by atoms with E-state index in [9.17, 15) is 24.5 Å². The van der Waals surface area contributed by atoms with Gasteiger partial charge in [0.05, 0.1) is 36.8 Å². The van der Waals surface area contributed by atoms with Crippen LogP contribution in [-0.4, -0.2) is 47.8 Å². The van der Waals surface area contributed by atoms with Gasteiger partial charge in [-0.1, -0.05) is 60.1 Å². The van der Waals surface area contributed by atoms with E-state index in [1.54, 1.807) is 84.9 Å². The lowest BCUT2D eigenvalue weighted by atomic mass is 9.75. The molecular formula is C33H26ClN3O7. The van der Waals surface area contributed by atoms with Crippen molar-refractivity contribution < 1.29 is 28.8 Å². The highest BCUT2D eigenvalue weighted by Crippen LogP contribution is 2.55. The molecule has 222 valence electrons. The molecule has 0 radical (unpaired) electrons. The number of amides is 3. The highest BCUT2D eigenvalue weighted by Gasteiger charge is 2.63. The van der Waals surface area contributed by atoms with Gasteiger partial charge in [0, 0.05) is 22.6 Å². The predicted molar refractivity (Wildman–Crippen MR) is 162 cm³/mol. The summed E-state index contributed by atoms with van der Waals surface area (Å²) in [4.78, 5) is 57.0. The number of Topliss-reactive ketones (excluding diaryl/α,β-unsaturated/α-hetero) is 1. The van der Waals surface area contributed by atoms with Gasteiger partial charge in [-0.15, -0.1) is 0 Å². The third kappa shape index (κ3) is 4.73. The molecule has 4 aromatic rings. The minimum atomic E-state index is -1.09. The molecule has 0 bridgehead atoms. The number of benzene rings is 4. The van der Waals surface area contributed by atoms with Crippen LogP contribution in [0.15, 0.2) is 97.1 Å². The largest absolute Gasteiger partial charge is 0.497 e. The monoisotopic (exact) mass is 611 g/mol. The highest BCUT2D eigenvalue weighted by atomic mass is 35.5. The molecule has 4 atom stereocenters. The third-order valence-corrected chi connectivity index (χ3v) is 8.49. The van der Waals surface area contributed by atoms with Crippen LogP contribution >= 0.6 is 11.6 Å². The molecule has 0 N–H and O–H groups in total. The molecule has 2 fully saturated rings. The number of anilines is 1. The molecule has 0 aliphatic carbocycles. The maximum atomic E-state index is 14.4. The first-order valence-electron chi connectivity index (χ1n) is 13.7. The van der Waals surface area contributed by atoms with Gasteiger partial charge in [0.2, 0.25) is 0 Å². The second-order valence-electron chi connectivity index (χ2n) is 10.5. The number of carbonyl (C=O) groups is 3. The first-order chi connectivity index (χ1) is 21.2. The molecule has 0 aromatic heterocycles. The van der Waals surface area contributed by atoms with Crippen molar-refractivity contribution in [2.24, 2.45) is 5.92 Å². The molecule has 2 saturated heterocycles. The Hall–Kier alpha value is -5.22. The zero-order chi connectivity index (χ0) is 31.1. The average molecular weight is 612 g/mol. The van der Waals surface area contributed by atoms with Gasteiger partial charge in [0.1, 0.15) is 11.8 Å². The Bertz CT molecular complexity index is 1760. The number of carbonyl (C=O) groups excluding carboxylic acids is 3. The molecule has 44 heavy (non-hydrogen) atoms. The lowest BCUT2D eigenvalue weighted by Crippen LogP contribution is -2.38. The molecule has 6 rings (SSSR count). The van der Waals surface area contributed by atoms with E-state index in [0.717, 1.165) is 4.90 Å². The van der Waals surface area contributed by atoms with Crippen molar-refractivity contribution in [2.45, 2.75) is 18.0 Å². The molecule has 10 nitrogen and oxygen atoms in total. The smallest absolute Gasteiger partial charge is 0.332 e. The zero-order valence-electron chi connectivity index (χ0n) is 23.6. The number of nitro groups is 1. The summed E-state index contributed by atoms with van der Waals surface area (Å²) < 4.78 is 10.5. The maximum Gasteiger partial charge on any atom is 0.332 e. The van der Waals surface area contributed by atoms with E-state index in [1.807, 2.05) is 0 Å². The van der Waals surface area contributed by atoms with E-state index in [0.29, 0.717) is 33.1 Å². The van der Waals surface area contributed by atoms with Crippen LogP contribution in [0.5, 0.6) is 11.5 Å². The summed E-state index contributed by atoms with van der Waals surface area (Å²) in [5, 5.41) is 12.5. The molecule has 0 saturated carbocycles. The summed E-state index contributed by atoms with van der Waals surface area (Å²) in [6, 6.07) is 23.5. The topological polar surface area (TPSA) is 119 Å². The van der Waals surface area contributed by atoms with Gasteiger partial charge in [0.15, 0.2) is 11.5 Å². The number of rotatable bonds is 8. The molecular weight excluding hydrogens is 586 g/mol. The van der Waals surface area contributed by atoms with Crippen LogP contribution in [0.4, 0.5) is 16.2 Å². The van der Waals surface area contributed by atoms with Crippen molar-refractivity contribution in [3.8, 4) is 11.5 Å². The van der Waals surface area contributed by atoms with Gasteiger partial charge < -0.3 is 14.4 Å². The van der Waals surface area contributed by atoms with Crippen LogP contribution in [-0.2, 0) is 4.79 Å². The Morgan fingerprint density at radius 2 is 1.50 bits per heavy atom. The molecule has 4 unspecified atom stereocenters. The normalized spacial score (nSPS) is 20.9. The molecule has 2 heterocycles. The Labute approximate surface area is 257 Å². The van der Waals surface area contributed by atoms with Gasteiger partial charge in [-0.3, -0.25) is 19.7 Å². The fourth-order valence-electron chi connectivity index (χ4n) is 6.31. The molecule has 4 aromatic carbocycles. The number of hydrogen-bond donors (Lipinski definition) is 0. The average Bonchev–Trinajstić information content (AvgIpc) is 3.53. The van der Waals surface area contributed by atoms with Gasteiger partial charge in [-0.25, -0.2) is 9.69 Å². The lowest BCUT2D eigenvalue weighted by molar-refractivity contribution is -0.385. The summed E-state index contributed by atoms with van der Waals surface area (Å²) in [5.41, 5.74) is 1.34. The fourth-order valence-corrected chi connectivity index (χ4v) is 6.44. The molecule has 2 aliphatic rings. The van der Waals surface area contributed by atoms with E-state index in [2.05, 4.69) is 0 Å². The Kier molecular flexibility index (Phi) is 7.52. The Balaban J connectivity index is 1.58. The molecule has 11 heteroatoms. The van der Waals surface area contributed by atoms with E-state index in [1.165, 1.54) is 31.3 Å². The maximum absolute atomic E-state index is 14.4. The van der Waals surface area contributed by atoms with Crippen LogP contribution in [0.2, 0.25) is 5.02 Å². The number of halogens is 1. The van der Waals surface area contributed by atoms with Gasteiger partial charge >= 0.3 is 11.7 Å². The van der Waals surface area contributed by atoms with Gasteiger partial charge in [0.25, 0.3) is 5.91 Å². The molecule has 0 spiro atoms. The SMILES string of the molecule is COc1ccc(N2C(=O)C3C(c4ccc(Cl)cc4)C(C(=O)c4ccccc4)C(c4ccc(OC)c([N+](=O)[O-])c4)N3C2=O)cc1. The summed E-state index contributed by atoms with van der Waals surface area (Å²) in [5.74, 6) is -2.02. The zero-order valence-corrected chi connectivity index (χ0v) is 24.4. The number of ether oxygens (including phenoxy) is 2. The van der Waals surface area contributed by atoms with Crippen molar-refractivity contribution in [3.63, 3.8) is 0 Å². The van der Waals surface area contributed by atoms with Crippen LogP contribution < -0.4 is 14.4 Å². The van der Waals surface area contributed by atoms with E-state index < -0.39 is 40.8 Å². The number of fused-ring (bicyclic) bond motifs is 1. The summed E-state index contributed by atoms with van der Waals surface area (Å²) in [6.45, 7) is 0. The first-order valence-corrected chi connectivity index (χ1v) is 14.1. The second-order valence-corrected chi connectivity index (χ2v) is 10.9. The van der Waals surface area contributed by atoms with Crippen molar-refractivity contribution in [1.82, 2.24) is 4.90 Å². The van der Waals surface area contributed by atoms with Crippen molar-refractivity contribution in [2.75, 3.05) is 19.1 Å². The fraction of sp³-hybridized carbons (Fsp3) is 0.182. The highest BCUT2D eigenvalue weighted by molar-refractivity contribution is 6.30. The molecule has 3 amide bonds. The standard InChI is InChI=1S/C33H26ClN3O7/c1-43-24-15-13-23(14-16-24)35-32(39)30-27(19-8-11-22(34)12-9-19)28(31(38)20-6-4-3-5-7-20)29(36(30)33(35)40)21-10-17-26(44-2)25(18-21)37(41)42/h3-18,27-30H,1-2H3. The number of nitrogens with zero attached hydrogens (tertiary/aromatic N) is 3. The minimum Gasteiger partial charge on any atom is -0.497 e. The number of ketones is 1. The van der Waals surface area contributed by atoms with E-state index in [4.69, 9.17) is 21.1 Å². The van der Waals surface area contributed by atoms with Gasteiger partial charge in [-0.2, -0.15) is 0 Å². The van der Waals surface area contributed by atoms with Crippen molar-refractivity contribution in [3.05, 3.63) is 129 Å². The third-order valence-electron chi connectivity index (χ3n) is 8.24. The van der Waals surface area contributed by atoms with Gasteiger partial charge in [-0.05, 0) is 53.6 Å². The lowest BCUT2D eigenvalue weighted by Gasteiger charge is -2.29.